The third-order valence-electron chi connectivity index (χ3n) is 4.28. The predicted octanol–water partition coefficient (Wildman–Crippen LogP) is 2.62. The summed E-state index contributed by atoms with van der Waals surface area (Å²) in [6.45, 7) is 6.79. The van der Waals surface area contributed by atoms with Crippen LogP contribution in [0.3, 0.4) is 0 Å². The molecule has 1 N–H and O–H groups in total. The molecule has 1 amide bonds. The fourth-order valence-electron chi connectivity index (χ4n) is 3.32. The molecule has 1 aliphatic rings. The van der Waals surface area contributed by atoms with Crippen LogP contribution < -0.4 is 0 Å². The number of rotatable bonds is 4. The zero-order chi connectivity index (χ0) is 15.6. The van der Waals surface area contributed by atoms with Crippen molar-refractivity contribution in [3.8, 4) is 0 Å². The summed E-state index contributed by atoms with van der Waals surface area (Å²) < 4.78 is 0. The second-order valence-corrected chi connectivity index (χ2v) is 6.04. The van der Waals surface area contributed by atoms with Gasteiger partial charge in [-0.3, -0.25) is 9.59 Å². The van der Waals surface area contributed by atoms with E-state index in [-0.39, 0.29) is 18.4 Å². The monoisotopic (exact) mass is 289 g/mol. The standard InChI is InChI=1S/C17H23NO3/c1-11-7-12(2)15(13(3)8-11)10-16(19)18-6-4-5-14(18)9-17(20)21/h7-8,14H,4-6,9-10H2,1-3H3,(H,20,21). The summed E-state index contributed by atoms with van der Waals surface area (Å²) in [6, 6.07) is 4.05. The maximum Gasteiger partial charge on any atom is 0.305 e. The molecule has 1 unspecified atom stereocenters. The van der Waals surface area contributed by atoms with E-state index in [0.717, 1.165) is 29.5 Å². The lowest BCUT2D eigenvalue weighted by molar-refractivity contribution is -0.139. The minimum Gasteiger partial charge on any atom is -0.481 e. The van der Waals surface area contributed by atoms with Gasteiger partial charge in [-0.05, 0) is 50.3 Å². The van der Waals surface area contributed by atoms with Gasteiger partial charge in [0.1, 0.15) is 0 Å². The highest BCUT2D eigenvalue weighted by atomic mass is 16.4. The first-order valence-electron chi connectivity index (χ1n) is 7.46. The van der Waals surface area contributed by atoms with Gasteiger partial charge < -0.3 is 10.0 Å². The normalized spacial score (nSPS) is 18.0. The average molecular weight is 289 g/mol. The van der Waals surface area contributed by atoms with Crippen LogP contribution in [-0.2, 0) is 16.0 Å². The summed E-state index contributed by atoms with van der Waals surface area (Å²) in [5.74, 6) is -0.781. The molecule has 1 heterocycles. The van der Waals surface area contributed by atoms with Crippen molar-refractivity contribution in [3.05, 3.63) is 34.4 Å². The molecular formula is C17H23NO3. The molecule has 2 rings (SSSR count). The number of likely N-dealkylation sites (tertiary alicyclic amines) is 1. The number of carbonyl (C=O) groups excluding carboxylic acids is 1. The smallest absolute Gasteiger partial charge is 0.305 e. The van der Waals surface area contributed by atoms with E-state index in [1.165, 1.54) is 5.56 Å². The summed E-state index contributed by atoms with van der Waals surface area (Å²) >= 11 is 0. The minimum absolute atomic E-state index is 0.0498. The Kier molecular flexibility index (Phi) is 4.66. The van der Waals surface area contributed by atoms with Crippen molar-refractivity contribution >= 4 is 11.9 Å². The quantitative estimate of drug-likeness (QED) is 0.927. The molecule has 0 spiro atoms. The molecule has 4 heteroatoms. The Labute approximate surface area is 125 Å². The van der Waals surface area contributed by atoms with Gasteiger partial charge in [0, 0.05) is 12.6 Å². The highest BCUT2D eigenvalue weighted by Crippen LogP contribution is 2.23. The maximum absolute atomic E-state index is 12.5. The molecule has 1 aromatic rings. The molecule has 0 bridgehead atoms. The Bertz CT molecular complexity index is 542. The number of hydrogen-bond acceptors (Lipinski definition) is 2. The molecule has 0 saturated carbocycles. The van der Waals surface area contributed by atoms with Crippen LogP contribution in [0.1, 0.15) is 41.5 Å². The van der Waals surface area contributed by atoms with E-state index >= 15 is 0 Å². The number of benzene rings is 1. The Hall–Kier alpha value is -1.84. The summed E-state index contributed by atoms with van der Waals surface area (Å²) in [5, 5.41) is 8.94. The van der Waals surface area contributed by atoms with Crippen molar-refractivity contribution in [2.45, 2.75) is 52.5 Å². The Morgan fingerprint density at radius 3 is 2.43 bits per heavy atom. The van der Waals surface area contributed by atoms with E-state index in [0.29, 0.717) is 13.0 Å². The molecule has 21 heavy (non-hydrogen) atoms. The first-order chi connectivity index (χ1) is 9.88. The van der Waals surface area contributed by atoms with Crippen LogP contribution in [0.4, 0.5) is 0 Å². The van der Waals surface area contributed by atoms with Gasteiger partial charge in [-0.1, -0.05) is 17.7 Å². The predicted molar refractivity (Wildman–Crippen MR) is 81.3 cm³/mol. The molecule has 0 aromatic heterocycles. The molecule has 0 radical (unpaired) electrons. The number of carboxylic acids is 1. The van der Waals surface area contributed by atoms with Crippen LogP contribution in [0.15, 0.2) is 12.1 Å². The number of carbonyl (C=O) groups is 2. The first-order valence-corrected chi connectivity index (χ1v) is 7.46. The molecule has 0 aliphatic carbocycles. The molecule has 1 atom stereocenters. The molecule has 114 valence electrons. The van der Waals surface area contributed by atoms with E-state index in [1.54, 1.807) is 4.90 Å². The van der Waals surface area contributed by atoms with E-state index < -0.39 is 5.97 Å². The van der Waals surface area contributed by atoms with Crippen LogP contribution >= 0.6 is 0 Å². The summed E-state index contributed by atoms with van der Waals surface area (Å²) in [6.07, 6.45) is 2.12. The van der Waals surface area contributed by atoms with E-state index in [4.69, 9.17) is 5.11 Å². The van der Waals surface area contributed by atoms with Gasteiger partial charge in [0.05, 0.1) is 12.8 Å². The molecule has 1 saturated heterocycles. The number of carboxylic acid groups (broad SMARTS) is 1. The lowest BCUT2D eigenvalue weighted by Crippen LogP contribution is -2.38. The van der Waals surface area contributed by atoms with Gasteiger partial charge in [0.15, 0.2) is 0 Å². The first kappa shape index (κ1) is 15.5. The molecular weight excluding hydrogens is 266 g/mol. The van der Waals surface area contributed by atoms with Crippen LogP contribution in [-0.4, -0.2) is 34.5 Å². The summed E-state index contributed by atoms with van der Waals surface area (Å²) in [7, 11) is 0. The average Bonchev–Trinajstić information content (AvgIpc) is 2.80. The number of amides is 1. The Morgan fingerprint density at radius 1 is 1.24 bits per heavy atom. The van der Waals surface area contributed by atoms with E-state index in [9.17, 15) is 9.59 Å². The van der Waals surface area contributed by atoms with Crippen LogP contribution in [0.5, 0.6) is 0 Å². The SMILES string of the molecule is Cc1cc(C)c(CC(=O)N2CCCC2CC(=O)O)c(C)c1. The Balaban J connectivity index is 2.13. The lowest BCUT2D eigenvalue weighted by Gasteiger charge is -2.24. The summed E-state index contributed by atoms with van der Waals surface area (Å²) in [4.78, 5) is 25.2. The number of nitrogens with zero attached hydrogens (tertiary/aromatic N) is 1. The van der Waals surface area contributed by atoms with Gasteiger partial charge in [-0.25, -0.2) is 0 Å². The van der Waals surface area contributed by atoms with E-state index in [2.05, 4.69) is 19.1 Å². The van der Waals surface area contributed by atoms with Crippen molar-refractivity contribution in [1.82, 2.24) is 4.90 Å². The van der Waals surface area contributed by atoms with Gasteiger partial charge >= 0.3 is 5.97 Å². The maximum atomic E-state index is 12.5. The fraction of sp³-hybridized carbons (Fsp3) is 0.529. The second kappa shape index (κ2) is 6.29. The topological polar surface area (TPSA) is 57.6 Å². The third kappa shape index (κ3) is 3.63. The fourth-order valence-corrected chi connectivity index (χ4v) is 3.32. The zero-order valence-corrected chi connectivity index (χ0v) is 13.0. The van der Waals surface area contributed by atoms with Crippen LogP contribution in [0.25, 0.3) is 0 Å². The molecule has 4 nitrogen and oxygen atoms in total. The van der Waals surface area contributed by atoms with Crippen LogP contribution in [0, 0.1) is 20.8 Å². The molecule has 1 aliphatic heterocycles. The van der Waals surface area contributed by atoms with Gasteiger partial charge in [0.2, 0.25) is 5.91 Å². The van der Waals surface area contributed by atoms with Crippen molar-refractivity contribution < 1.29 is 14.7 Å². The molecule has 1 aromatic carbocycles. The lowest BCUT2D eigenvalue weighted by atomic mass is 9.97. The van der Waals surface area contributed by atoms with Crippen molar-refractivity contribution in [2.24, 2.45) is 0 Å². The van der Waals surface area contributed by atoms with Gasteiger partial charge in [-0.2, -0.15) is 0 Å². The van der Waals surface area contributed by atoms with Crippen molar-refractivity contribution in [2.75, 3.05) is 6.54 Å². The number of aliphatic carboxylic acids is 1. The zero-order valence-electron chi connectivity index (χ0n) is 13.0. The van der Waals surface area contributed by atoms with Gasteiger partial charge in [-0.15, -0.1) is 0 Å². The number of hydrogen-bond donors (Lipinski definition) is 1. The highest BCUT2D eigenvalue weighted by Gasteiger charge is 2.30. The second-order valence-electron chi connectivity index (χ2n) is 6.04. The van der Waals surface area contributed by atoms with E-state index in [1.807, 2.05) is 13.8 Å². The van der Waals surface area contributed by atoms with Gasteiger partial charge in [0.25, 0.3) is 0 Å². The number of aryl methyl sites for hydroxylation is 3. The highest BCUT2D eigenvalue weighted by molar-refractivity contribution is 5.81. The summed E-state index contributed by atoms with van der Waals surface area (Å²) in [5.41, 5.74) is 4.54. The molecule has 1 fully saturated rings. The van der Waals surface area contributed by atoms with Crippen LogP contribution in [0.2, 0.25) is 0 Å². The Morgan fingerprint density at radius 2 is 1.86 bits per heavy atom. The largest absolute Gasteiger partial charge is 0.481 e. The van der Waals surface area contributed by atoms with Crippen molar-refractivity contribution in [3.63, 3.8) is 0 Å². The van der Waals surface area contributed by atoms with Crippen molar-refractivity contribution in [1.29, 1.82) is 0 Å². The third-order valence-corrected chi connectivity index (χ3v) is 4.28. The minimum atomic E-state index is -0.831.